The maximum atomic E-state index is 12.7. The highest BCUT2D eigenvalue weighted by molar-refractivity contribution is 6.03. The minimum absolute atomic E-state index is 0.0202. The molecule has 0 unspecified atom stereocenters. The summed E-state index contributed by atoms with van der Waals surface area (Å²) < 4.78 is 11.2. The van der Waals surface area contributed by atoms with E-state index in [1.165, 1.54) is 0 Å². The Labute approximate surface area is 157 Å². The summed E-state index contributed by atoms with van der Waals surface area (Å²) in [5.41, 5.74) is 1.58. The molecule has 0 amide bonds. The normalized spacial score (nSPS) is 17.0. The van der Waals surface area contributed by atoms with E-state index >= 15 is 0 Å². The minimum atomic E-state index is -0.912. The van der Waals surface area contributed by atoms with Crippen LogP contribution < -0.4 is 9.47 Å². The van der Waals surface area contributed by atoms with E-state index in [9.17, 15) is 20.1 Å². The molecule has 2 aromatic rings. The van der Waals surface area contributed by atoms with Crippen LogP contribution in [-0.4, -0.2) is 34.3 Å². The Bertz CT molecular complexity index is 885. The number of carbonyl (C=O) groups is 1. The number of aliphatic hydroxyl groups is 1. The quantitative estimate of drug-likeness (QED) is 0.699. The number of rotatable bonds is 5. The van der Waals surface area contributed by atoms with Gasteiger partial charge in [-0.15, -0.1) is 0 Å². The van der Waals surface area contributed by atoms with Crippen molar-refractivity contribution < 1.29 is 29.6 Å². The number of aromatic hydroxyl groups is 2. The topological polar surface area (TPSA) is 96.2 Å². The molecular formula is C21H22O6. The number of phenolic OH excluding ortho intramolecular Hbond substituents is 2. The van der Waals surface area contributed by atoms with E-state index in [1.807, 2.05) is 0 Å². The maximum Gasteiger partial charge on any atom is 0.174 e. The predicted octanol–water partition coefficient (Wildman–Crippen LogP) is 3.29. The van der Waals surface area contributed by atoms with Crippen molar-refractivity contribution in [2.24, 2.45) is 0 Å². The minimum Gasteiger partial charge on any atom is -0.507 e. The molecule has 0 aliphatic carbocycles. The standard InChI is InChI=1S/C21H22O6/c1-11(2)15(22)8-14-16(23)9-17(24)20-18(25)10-19(27-21(14)20)12-4-6-13(26-3)7-5-12/h4-7,9,15,19,22-24H,1,8,10H2,2-3H3/t15-,19+/m1/s1. The zero-order chi connectivity index (χ0) is 19.7. The van der Waals surface area contributed by atoms with Crippen molar-refractivity contribution in [2.45, 2.75) is 32.0 Å². The molecule has 2 aromatic carbocycles. The Morgan fingerprint density at radius 3 is 2.56 bits per heavy atom. The van der Waals surface area contributed by atoms with E-state index in [4.69, 9.17) is 9.47 Å². The van der Waals surface area contributed by atoms with Crippen LogP contribution in [0.2, 0.25) is 0 Å². The molecule has 27 heavy (non-hydrogen) atoms. The van der Waals surface area contributed by atoms with Crippen molar-refractivity contribution in [2.75, 3.05) is 7.11 Å². The monoisotopic (exact) mass is 370 g/mol. The lowest BCUT2D eigenvalue weighted by molar-refractivity contribution is 0.0839. The number of benzene rings is 2. The van der Waals surface area contributed by atoms with Crippen molar-refractivity contribution in [3.05, 3.63) is 59.2 Å². The lowest BCUT2D eigenvalue weighted by Crippen LogP contribution is -2.23. The van der Waals surface area contributed by atoms with E-state index in [0.717, 1.165) is 11.6 Å². The average Bonchev–Trinajstić information content (AvgIpc) is 2.64. The van der Waals surface area contributed by atoms with Gasteiger partial charge in [-0.1, -0.05) is 24.3 Å². The first kappa shape index (κ1) is 18.8. The number of ether oxygens (including phenoxy) is 2. The van der Waals surface area contributed by atoms with Gasteiger partial charge in [-0.3, -0.25) is 4.79 Å². The summed E-state index contributed by atoms with van der Waals surface area (Å²) in [6.07, 6.45) is -1.41. The van der Waals surface area contributed by atoms with Crippen LogP contribution in [0.5, 0.6) is 23.0 Å². The summed E-state index contributed by atoms with van der Waals surface area (Å²) in [6, 6.07) is 8.24. The molecule has 0 saturated carbocycles. The van der Waals surface area contributed by atoms with Gasteiger partial charge in [0.25, 0.3) is 0 Å². The van der Waals surface area contributed by atoms with Crippen LogP contribution in [0.15, 0.2) is 42.5 Å². The smallest absolute Gasteiger partial charge is 0.174 e. The SMILES string of the molecule is C=C(C)[C@H](O)Cc1c(O)cc(O)c2c1O[C@H](c1ccc(OC)cc1)CC2=O. The fraction of sp³-hybridized carbons (Fsp3) is 0.286. The van der Waals surface area contributed by atoms with E-state index in [2.05, 4.69) is 6.58 Å². The Morgan fingerprint density at radius 1 is 1.30 bits per heavy atom. The van der Waals surface area contributed by atoms with Gasteiger partial charge < -0.3 is 24.8 Å². The lowest BCUT2D eigenvalue weighted by Gasteiger charge is -2.29. The van der Waals surface area contributed by atoms with Gasteiger partial charge in [0, 0.05) is 18.1 Å². The summed E-state index contributed by atoms with van der Waals surface area (Å²) >= 11 is 0. The van der Waals surface area contributed by atoms with Crippen LogP contribution in [0.3, 0.4) is 0 Å². The van der Waals surface area contributed by atoms with E-state index in [1.54, 1.807) is 38.3 Å². The highest BCUT2D eigenvalue weighted by Gasteiger charge is 2.34. The molecule has 1 aliphatic heterocycles. The number of hydrogen-bond donors (Lipinski definition) is 3. The van der Waals surface area contributed by atoms with Gasteiger partial charge in [0.05, 0.1) is 19.6 Å². The molecule has 0 radical (unpaired) electrons. The molecule has 142 valence electrons. The fourth-order valence-electron chi connectivity index (χ4n) is 3.10. The van der Waals surface area contributed by atoms with Crippen molar-refractivity contribution >= 4 is 5.78 Å². The third-order valence-electron chi connectivity index (χ3n) is 4.70. The molecule has 2 atom stereocenters. The molecule has 0 saturated heterocycles. The molecule has 0 bridgehead atoms. The zero-order valence-corrected chi connectivity index (χ0v) is 15.2. The predicted molar refractivity (Wildman–Crippen MR) is 99.6 cm³/mol. The molecule has 6 heteroatoms. The number of phenols is 2. The Balaban J connectivity index is 2.03. The van der Waals surface area contributed by atoms with Crippen molar-refractivity contribution in [3.8, 4) is 23.0 Å². The number of methoxy groups -OCH3 is 1. The van der Waals surface area contributed by atoms with Crippen LogP contribution in [-0.2, 0) is 6.42 Å². The first-order valence-corrected chi connectivity index (χ1v) is 8.56. The Morgan fingerprint density at radius 2 is 1.96 bits per heavy atom. The second-order valence-electron chi connectivity index (χ2n) is 6.67. The van der Waals surface area contributed by atoms with Crippen LogP contribution in [0.25, 0.3) is 0 Å². The zero-order valence-electron chi connectivity index (χ0n) is 15.2. The third kappa shape index (κ3) is 3.61. The van der Waals surface area contributed by atoms with Gasteiger partial charge >= 0.3 is 0 Å². The third-order valence-corrected chi connectivity index (χ3v) is 4.70. The van der Waals surface area contributed by atoms with Crippen LogP contribution in [0.4, 0.5) is 0 Å². The van der Waals surface area contributed by atoms with Crippen LogP contribution >= 0.6 is 0 Å². The van der Waals surface area contributed by atoms with E-state index < -0.39 is 12.2 Å². The molecule has 0 fully saturated rings. The van der Waals surface area contributed by atoms with Gasteiger partial charge in [0.15, 0.2) is 5.78 Å². The number of ketones is 1. The van der Waals surface area contributed by atoms with Gasteiger partial charge in [-0.05, 0) is 24.6 Å². The van der Waals surface area contributed by atoms with Gasteiger partial charge in [0.1, 0.15) is 34.7 Å². The lowest BCUT2D eigenvalue weighted by atomic mass is 9.91. The summed E-state index contributed by atoms with van der Waals surface area (Å²) in [7, 11) is 1.57. The molecular weight excluding hydrogens is 348 g/mol. The van der Waals surface area contributed by atoms with Crippen LogP contribution in [0, 0.1) is 0 Å². The molecule has 0 spiro atoms. The van der Waals surface area contributed by atoms with Crippen LogP contribution in [0.1, 0.15) is 40.9 Å². The maximum absolute atomic E-state index is 12.7. The first-order valence-electron chi connectivity index (χ1n) is 8.56. The average molecular weight is 370 g/mol. The number of Topliss-reactive ketones (excluding diaryl/α,β-unsaturated/α-hetero) is 1. The highest BCUT2D eigenvalue weighted by atomic mass is 16.5. The fourth-order valence-corrected chi connectivity index (χ4v) is 3.10. The van der Waals surface area contributed by atoms with Crippen molar-refractivity contribution in [3.63, 3.8) is 0 Å². The van der Waals surface area contributed by atoms with E-state index in [-0.39, 0.29) is 47.0 Å². The number of aliphatic hydroxyl groups excluding tert-OH is 1. The summed E-state index contributed by atoms with van der Waals surface area (Å²) in [5.74, 6) is -0.0867. The van der Waals surface area contributed by atoms with Gasteiger partial charge in [-0.2, -0.15) is 0 Å². The Hall–Kier alpha value is -2.99. The molecule has 6 nitrogen and oxygen atoms in total. The molecule has 1 aliphatic rings. The number of fused-ring (bicyclic) bond motifs is 1. The summed E-state index contributed by atoms with van der Waals surface area (Å²) in [5, 5.41) is 30.6. The van der Waals surface area contributed by atoms with Gasteiger partial charge in [0.2, 0.25) is 0 Å². The van der Waals surface area contributed by atoms with Crippen molar-refractivity contribution in [1.29, 1.82) is 0 Å². The largest absolute Gasteiger partial charge is 0.507 e. The second-order valence-corrected chi connectivity index (χ2v) is 6.67. The molecule has 3 N–H and O–H groups in total. The molecule has 3 rings (SSSR count). The van der Waals surface area contributed by atoms with Crippen molar-refractivity contribution in [1.82, 2.24) is 0 Å². The molecule has 0 aromatic heterocycles. The van der Waals surface area contributed by atoms with E-state index in [0.29, 0.717) is 11.3 Å². The highest BCUT2D eigenvalue weighted by Crippen LogP contribution is 2.45. The number of carbonyl (C=O) groups excluding carboxylic acids is 1. The Kier molecular flexibility index (Phi) is 5.10. The summed E-state index contributed by atoms with van der Waals surface area (Å²) in [6.45, 7) is 5.37. The second kappa shape index (κ2) is 7.32. The first-order chi connectivity index (χ1) is 12.8. The molecule has 1 heterocycles. The van der Waals surface area contributed by atoms with Gasteiger partial charge in [-0.25, -0.2) is 0 Å². The number of hydrogen-bond acceptors (Lipinski definition) is 6. The summed E-state index contributed by atoms with van der Waals surface area (Å²) in [4.78, 5) is 12.7.